The molecule has 0 spiro atoms. The Hall–Kier alpha value is -3.56. The summed E-state index contributed by atoms with van der Waals surface area (Å²) in [6, 6.07) is 19.3. The monoisotopic (exact) mass is 608 g/mol. The van der Waals surface area contributed by atoms with E-state index in [0.29, 0.717) is 22.4 Å². The predicted octanol–water partition coefficient (Wildman–Crippen LogP) is 6.25. The molecule has 7 nitrogen and oxygen atoms in total. The van der Waals surface area contributed by atoms with Crippen molar-refractivity contribution in [2.24, 2.45) is 0 Å². The van der Waals surface area contributed by atoms with Crippen molar-refractivity contribution in [2.45, 2.75) is 52.4 Å². The molecule has 204 valence electrons. The van der Waals surface area contributed by atoms with Gasteiger partial charge >= 0.3 is 0 Å². The van der Waals surface area contributed by atoms with Gasteiger partial charge in [-0.25, -0.2) is 0 Å². The predicted molar refractivity (Wildman–Crippen MR) is 163 cm³/mol. The number of rotatable bonds is 4. The Bertz CT molecular complexity index is 1390. The fourth-order valence-electron chi connectivity index (χ4n) is 3.69. The van der Waals surface area contributed by atoms with Crippen molar-refractivity contribution in [1.29, 1.82) is 0 Å². The molecule has 4 N–H and O–H groups in total. The molecule has 0 heterocycles. The Morgan fingerprint density at radius 1 is 0.667 bits per heavy atom. The van der Waals surface area contributed by atoms with Crippen LogP contribution in [0, 0.1) is 0 Å². The fourth-order valence-corrected chi connectivity index (χ4v) is 4.80. The molecular weight excluding hydrogens is 576 g/mol. The highest BCUT2D eigenvalue weighted by Gasteiger charge is 2.19. The summed E-state index contributed by atoms with van der Waals surface area (Å²) in [5.74, 6) is -1.11. The lowest BCUT2D eigenvalue weighted by molar-refractivity contribution is 0.0934. The summed E-state index contributed by atoms with van der Waals surface area (Å²) in [5, 5.41) is 5.32. The molecule has 0 atom stereocenters. The Morgan fingerprint density at radius 2 is 1.21 bits per heavy atom. The third-order valence-corrected chi connectivity index (χ3v) is 6.83. The number of hydrazine groups is 1. The Labute approximate surface area is 243 Å². The zero-order valence-electron chi connectivity index (χ0n) is 22.9. The SMILES string of the molecule is CC(C)(C)c1ccc(C(=O)Nc2ccc(C(=O)NNC(=S)NC(=O)c3ccc(C(C)(C)C)c(Br)c3)cc2)cc1. The molecule has 3 rings (SSSR count). The van der Waals surface area contributed by atoms with E-state index in [1.165, 1.54) is 0 Å². The van der Waals surface area contributed by atoms with Crippen molar-refractivity contribution >= 4 is 56.7 Å². The third kappa shape index (κ3) is 8.21. The Balaban J connectivity index is 1.51. The van der Waals surface area contributed by atoms with E-state index < -0.39 is 11.8 Å². The van der Waals surface area contributed by atoms with E-state index >= 15 is 0 Å². The maximum Gasteiger partial charge on any atom is 0.269 e. The molecule has 0 aliphatic heterocycles. The highest BCUT2D eigenvalue weighted by atomic mass is 79.9. The van der Waals surface area contributed by atoms with Gasteiger partial charge in [-0.2, -0.15) is 0 Å². The molecule has 0 fully saturated rings. The van der Waals surface area contributed by atoms with Crippen molar-refractivity contribution in [3.63, 3.8) is 0 Å². The first-order chi connectivity index (χ1) is 18.1. The van der Waals surface area contributed by atoms with E-state index in [9.17, 15) is 14.4 Å². The first-order valence-electron chi connectivity index (χ1n) is 12.4. The number of hydrogen-bond donors (Lipinski definition) is 4. The molecule has 0 aliphatic rings. The van der Waals surface area contributed by atoms with Gasteiger partial charge in [-0.05, 0) is 82.7 Å². The lowest BCUT2D eigenvalue weighted by atomic mass is 9.86. The Kier molecular flexibility index (Phi) is 9.30. The second kappa shape index (κ2) is 12.1. The molecule has 0 bridgehead atoms. The largest absolute Gasteiger partial charge is 0.322 e. The van der Waals surface area contributed by atoms with Crippen LogP contribution in [0.5, 0.6) is 0 Å². The average molecular weight is 610 g/mol. The first-order valence-corrected chi connectivity index (χ1v) is 13.6. The number of amides is 3. The molecule has 0 aliphatic carbocycles. The van der Waals surface area contributed by atoms with Crippen LogP contribution in [-0.4, -0.2) is 22.8 Å². The quantitative estimate of drug-likeness (QED) is 0.207. The van der Waals surface area contributed by atoms with Crippen molar-refractivity contribution in [1.82, 2.24) is 16.2 Å². The van der Waals surface area contributed by atoms with Crippen molar-refractivity contribution in [3.8, 4) is 0 Å². The van der Waals surface area contributed by atoms with Crippen molar-refractivity contribution < 1.29 is 14.4 Å². The molecule has 9 heteroatoms. The molecule has 0 unspecified atom stereocenters. The summed E-state index contributed by atoms with van der Waals surface area (Å²) < 4.78 is 0.827. The molecule has 0 aromatic heterocycles. The molecule has 39 heavy (non-hydrogen) atoms. The summed E-state index contributed by atoms with van der Waals surface area (Å²) in [4.78, 5) is 37.7. The van der Waals surface area contributed by atoms with E-state index in [1.807, 2.05) is 18.2 Å². The molecule has 3 aromatic rings. The van der Waals surface area contributed by atoms with Gasteiger partial charge in [-0.15, -0.1) is 0 Å². The average Bonchev–Trinajstić information content (AvgIpc) is 2.86. The van der Waals surface area contributed by atoms with Crippen LogP contribution in [-0.2, 0) is 10.8 Å². The number of halogens is 1. The van der Waals surface area contributed by atoms with Crippen LogP contribution >= 0.6 is 28.1 Å². The van der Waals surface area contributed by atoms with Crippen molar-refractivity contribution in [2.75, 3.05) is 5.32 Å². The van der Waals surface area contributed by atoms with Crippen molar-refractivity contribution in [3.05, 3.63) is 99.0 Å². The van der Waals surface area contributed by atoms with Gasteiger partial charge in [-0.1, -0.05) is 75.7 Å². The van der Waals surface area contributed by atoms with Gasteiger partial charge in [0.1, 0.15) is 0 Å². The second-order valence-corrected chi connectivity index (χ2v) is 12.4. The summed E-state index contributed by atoms with van der Waals surface area (Å²) >= 11 is 8.67. The highest BCUT2D eigenvalue weighted by molar-refractivity contribution is 9.10. The third-order valence-electron chi connectivity index (χ3n) is 5.97. The maximum absolute atomic E-state index is 12.6. The van der Waals surface area contributed by atoms with Crippen LogP contribution in [0.4, 0.5) is 5.69 Å². The fraction of sp³-hybridized carbons (Fsp3) is 0.267. The van der Waals surface area contributed by atoms with Gasteiger partial charge in [0.05, 0.1) is 0 Å². The number of hydrogen-bond acceptors (Lipinski definition) is 4. The maximum atomic E-state index is 12.6. The summed E-state index contributed by atoms with van der Waals surface area (Å²) in [6.07, 6.45) is 0. The van der Waals surface area contributed by atoms with Gasteiger partial charge in [-0.3, -0.25) is 30.6 Å². The topological polar surface area (TPSA) is 99.3 Å². The van der Waals surface area contributed by atoms with Crippen LogP contribution in [0.25, 0.3) is 0 Å². The second-order valence-electron chi connectivity index (χ2n) is 11.2. The van der Waals surface area contributed by atoms with E-state index in [2.05, 4.69) is 79.0 Å². The van der Waals surface area contributed by atoms with E-state index in [0.717, 1.165) is 15.6 Å². The zero-order chi connectivity index (χ0) is 29.0. The lowest BCUT2D eigenvalue weighted by Crippen LogP contribution is -2.48. The van der Waals surface area contributed by atoms with E-state index in [-0.39, 0.29) is 21.8 Å². The van der Waals surface area contributed by atoms with Gasteiger partial charge in [0.15, 0.2) is 5.11 Å². The van der Waals surface area contributed by atoms with Crippen LogP contribution in [0.3, 0.4) is 0 Å². The minimum Gasteiger partial charge on any atom is -0.322 e. The van der Waals surface area contributed by atoms with E-state index in [4.69, 9.17) is 12.2 Å². The number of carbonyl (C=O) groups excluding carboxylic acids is 3. The standard InChI is InChI=1S/C30H33BrN4O3S/c1-29(2,3)21-12-7-18(8-13-21)25(36)32-22-14-9-19(10-15-22)27(38)34-35-28(39)33-26(37)20-11-16-23(24(31)17-20)30(4,5)6/h7-17H,1-6H3,(H,32,36)(H,34,38)(H2,33,35,37,39). The van der Waals surface area contributed by atoms with Crippen LogP contribution < -0.4 is 21.5 Å². The number of nitrogens with one attached hydrogen (secondary N) is 4. The van der Waals surface area contributed by atoms with Crippen LogP contribution in [0.15, 0.2) is 71.2 Å². The molecule has 3 amide bonds. The van der Waals surface area contributed by atoms with Crippen LogP contribution in [0.1, 0.15) is 83.7 Å². The molecule has 0 radical (unpaired) electrons. The summed E-state index contributed by atoms with van der Waals surface area (Å²) in [6.45, 7) is 12.6. The zero-order valence-corrected chi connectivity index (χ0v) is 25.3. The number of anilines is 1. The molecule has 0 saturated carbocycles. The van der Waals surface area contributed by atoms with Gasteiger partial charge in [0.25, 0.3) is 17.7 Å². The van der Waals surface area contributed by atoms with E-state index in [1.54, 1.807) is 48.5 Å². The minimum absolute atomic E-state index is 0.00533. The van der Waals surface area contributed by atoms with Gasteiger partial charge < -0.3 is 5.32 Å². The normalized spacial score (nSPS) is 11.4. The van der Waals surface area contributed by atoms with Crippen LogP contribution in [0.2, 0.25) is 0 Å². The Morgan fingerprint density at radius 3 is 1.74 bits per heavy atom. The van der Waals surface area contributed by atoms with Gasteiger partial charge in [0.2, 0.25) is 0 Å². The minimum atomic E-state index is -0.459. The summed E-state index contributed by atoms with van der Waals surface area (Å²) in [7, 11) is 0. The first kappa shape index (κ1) is 30.0. The molecule has 0 saturated heterocycles. The molecular formula is C30H33BrN4O3S. The molecule has 3 aromatic carbocycles. The smallest absolute Gasteiger partial charge is 0.269 e. The number of carbonyl (C=O) groups is 3. The number of benzene rings is 3. The lowest BCUT2D eigenvalue weighted by Gasteiger charge is -2.21. The van der Waals surface area contributed by atoms with Gasteiger partial charge in [0, 0.05) is 26.9 Å². The highest BCUT2D eigenvalue weighted by Crippen LogP contribution is 2.30. The number of thiocarbonyl (C=S) groups is 1. The summed E-state index contributed by atoms with van der Waals surface area (Å²) in [5.41, 5.74) is 9.00.